The molecule has 0 unspecified atom stereocenters. The normalized spacial score (nSPS) is 11.2. The summed E-state index contributed by atoms with van der Waals surface area (Å²) in [6, 6.07) is 18.3. The minimum absolute atomic E-state index is 0.560. The summed E-state index contributed by atoms with van der Waals surface area (Å²) in [5.74, 6) is 1.63. The standard InChI is InChI=1S/C19H25N3O2/c1-20-19(21-14-16-6-4-3-5-7-16)22-15-17-8-10-18(11-9-17)24-13-12-23-2/h3-11H,12-15H2,1-2H3,(H2,20,21,22). The lowest BCUT2D eigenvalue weighted by Crippen LogP contribution is -2.36. The number of nitrogens with one attached hydrogen (secondary N) is 2. The molecule has 0 aromatic heterocycles. The van der Waals surface area contributed by atoms with Gasteiger partial charge in [-0.1, -0.05) is 42.5 Å². The first-order valence-corrected chi connectivity index (χ1v) is 8.01. The third kappa shape index (κ3) is 6.30. The van der Waals surface area contributed by atoms with Crippen LogP contribution in [0.1, 0.15) is 11.1 Å². The Labute approximate surface area is 143 Å². The lowest BCUT2D eigenvalue weighted by Gasteiger charge is -2.12. The Hall–Kier alpha value is -2.53. The van der Waals surface area contributed by atoms with E-state index in [-0.39, 0.29) is 0 Å². The second-order valence-electron chi connectivity index (χ2n) is 5.25. The molecule has 0 bridgehead atoms. The number of hydrogen-bond donors (Lipinski definition) is 2. The molecule has 0 heterocycles. The van der Waals surface area contributed by atoms with Crippen LogP contribution in [0.2, 0.25) is 0 Å². The van der Waals surface area contributed by atoms with E-state index in [1.165, 1.54) is 5.56 Å². The van der Waals surface area contributed by atoms with E-state index >= 15 is 0 Å². The fraction of sp³-hybridized carbons (Fsp3) is 0.316. The van der Waals surface area contributed by atoms with Crippen molar-refractivity contribution >= 4 is 5.96 Å². The van der Waals surface area contributed by atoms with Gasteiger partial charge in [-0.15, -0.1) is 0 Å². The van der Waals surface area contributed by atoms with Gasteiger partial charge in [-0.3, -0.25) is 4.99 Å². The molecule has 128 valence electrons. The van der Waals surface area contributed by atoms with E-state index in [4.69, 9.17) is 9.47 Å². The number of hydrogen-bond acceptors (Lipinski definition) is 3. The van der Waals surface area contributed by atoms with E-state index in [2.05, 4.69) is 27.8 Å². The summed E-state index contributed by atoms with van der Waals surface area (Å²) in [5, 5.41) is 6.61. The fourth-order valence-corrected chi connectivity index (χ4v) is 2.13. The van der Waals surface area contributed by atoms with Gasteiger partial charge in [0.1, 0.15) is 12.4 Å². The number of nitrogens with zero attached hydrogens (tertiary/aromatic N) is 1. The highest BCUT2D eigenvalue weighted by Crippen LogP contribution is 2.11. The molecule has 0 radical (unpaired) electrons. The van der Waals surface area contributed by atoms with Crippen molar-refractivity contribution in [2.24, 2.45) is 4.99 Å². The van der Waals surface area contributed by atoms with Crippen LogP contribution in [0, 0.1) is 0 Å². The Morgan fingerprint density at radius 3 is 2.08 bits per heavy atom. The monoisotopic (exact) mass is 327 g/mol. The van der Waals surface area contributed by atoms with Crippen molar-refractivity contribution in [1.29, 1.82) is 0 Å². The fourth-order valence-electron chi connectivity index (χ4n) is 2.13. The highest BCUT2D eigenvalue weighted by atomic mass is 16.5. The maximum Gasteiger partial charge on any atom is 0.191 e. The molecule has 5 heteroatoms. The van der Waals surface area contributed by atoms with Crippen LogP contribution >= 0.6 is 0 Å². The summed E-state index contributed by atoms with van der Waals surface area (Å²) < 4.78 is 10.5. The smallest absolute Gasteiger partial charge is 0.191 e. The van der Waals surface area contributed by atoms with Crippen molar-refractivity contribution < 1.29 is 9.47 Å². The van der Waals surface area contributed by atoms with Crippen LogP contribution in [0.15, 0.2) is 59.6 Å². The van der Waals surface area contributed by atoms with E-state index in [1.54, 1.807) is 14.2 Å². The van der Waals surface area contributed by atoms with Crippen LogP contribution in [-0.2, 0) is 17.8 Å². The zero-order valence-corrected chi connectivity index (χ0v) is 14.3. The van der Waals surface area contributed by atoms with E-state index in [0.29, 0.717) is 19.8 Å². The van der Waals surface area contributed by atoms with Gasteiger partial charge in [0.25, 0.3) is 0 Å². The van der Waals surface area contributed by atoms with Crippen LogP contribution in [0.3, 0.4) is 0 Å². The number of guanidine groups is 1. The molecule has 5 nitrogen and oxygen atoms in total. The average molecular weight is 327 g/mol. The van der Waals surface area contributed by atoms with Gasteiger partial charge >= 0.3 is 0 Å². The molecule has 0 aliphatic rings. The molecule has 0 fully saturated rings. The summed E-state index contributed by atoms with van der Waals surface area (Å²) in [6.45, 7) is 2.59. The van der Waals surface area contributed by atoms with Gasteiger partial charge < -0.3 is 20.1 Å². The van der Waals surface area contributed by atoms with Gasteiger partial charge in [0.2, 0.25) is 0 Å². The lowest BCUT2D eigenvalue weighted by atomic mass is 10.2. The van der Waals surface area contributed by atoms with Crippen molar-refractivity contribution in [3.8, 4) is 5.75 Å². The quantitative estimate of drug-likeness (QED) is 0.444. The van der Waals surface area contributed by atoms with E-state index in [0.717, 1.165) is 23.8 Å². The number of aliphatic imine (C=N–C) groups is 1. The van der Waals surface area contributed by atoms with Gasteiger partial charge in [0.15, 0.2) is 5.96 Å². The number of benzene rings is 2. The van der Waals surface area contributed by atoms with Gasteiger partial charge in [0, 0.05) is 27.2 Å². The molecule has 0 atom stereocenters. The largest absolute Gasteiger partial charge is 0.491 e. The van der Waals surface area contributed by atoms with Gasteiger partial charge in [-0.25, -0.2) is 0 Å². The summed E-state index contributed by atoms with van der Waals surface area (Å²) in [5.41, 5.74) is 2.38. The number of rotatable bonds is 8. The number of methoxy groups -OCH3 is 1. The van der Waals surface area contributed by atoms with Gasteiger partial charge in [0.05, 0.1) is 6.61 Å². The first kappa shape index (κ1) is 17.8. The van der Waals surface area contributed by atoms with Crippen molar-refractivity contribution in [3.05, 3.63) is 65.7 Å². The molecular formula is C19H25N3O2. The summed E-state index contributed by atoms with van der Waals surface area (Å²) in [6.07, 6.45) is 0. The maximum atomic E-state index is 5.55. The van der Waals surface area contributed by atoms with E-state index < -0.39 is 0 Å². The Bertz CT molecular complexity index is 612. The SMILES string of the molecule is CN=C(NCc1ccccc1)NCc1ccc(OCCOC)cc1. The van der Waals surface area contributed by atoms with E-state index in [1.807, 2.05) is 42.5 Å². The molecule has 2 aromatic carbocycles. The summed E-state index contributed by atoms with van der Waals surface area (Å²) in [7, 11) is 3.43. The first-order valence-electron chi connectivity index (χ1n) is 8.01. The predicted molar refractivity (Wildman–Crippen MR) is 97.3 cm³/mol. The van der Waals surface area contributed by atoms with Crippen molar-refractivity contribution in [2.75, 3.05) is 27.4 Å². The minimum atomic E-state index is 0.560. The molecule has 0 amide bonds. The highest BCUT2D eigenvalue weighted by Gasteiger charge is 2.00. The molecule has 2 aromatic rings. The summed E-state index contributed by atoms with van der Waals surface area (Å²) >= 11 is 0. The predicted octanol–water partition coefficient (Wildman–Crippen LogP) is 2.58. The third-order valence-corrected chi connectivity index (χ3v) is 3.47. The minimum Gasteiger partial charge on any atom is -0.491 e. The molecule has 0 aliphatic heterocycles. The Balaban J connectivity index is 1.76. The van der Waals surface area contributed by atoms with Crippen molar-refractivity contribution in [1.82, 2.24) is 10.6 Å². The molecule has 2 rings (SSSR count). The third-order valence-electron chi connectivity index (χ3n) is 3.47. The van der Waals surface area contributed by atoms with Crippen LogP contribution in [-0.4, -0.2) is 33.3 Å². The van der Waals surface area contributed by atoms with Crippen molar-refractivity contribution in [2.45, 2.75) is 13.1 Å². The van der Waals surface area contributed by atoms with Crippen molar-refractivity contribution in [3.63, 3.8) is 0 Å². The lowest BCUT2D eigenvalue weighted by molar-refractivity contribution is 0.146. The van der Waals surface area contributed by atoms with Crippen LogP contribution < -0.4 is 15.4 Å². The van der Waals surface area contributed by atoms with Crippen LogP contribution in [0.5, 0.6) is 5.75 Å². The molecule has 24 heavy (non-hydrogen) atoms. The van der Waals surface area contributed by atoms with Crippen LogP contribution in [0.25, 0.3) is 0 Å². The second-order valence-corrected chi connectivity index (χ2v) is 5.25. The first-order chi connectivity index (χ1) is 11.8. The molecule has 0 saturated heterocycles. The Kier molecular flexibility index (Phi) is 7.63. The zero-order valence-electron chi connectivity index (χ0n) is 14.3. The number of ether oxygens (including phenoxy) is 2. The molecule has 0 aliphatic carbocycles. The molecule has 0 spiro atoms. The zero-order chi connectivity index (χ0) is 17.0. The topological polar surface area (TPSA) is 54.9 Å². The average Bonchev–Trinajstić information content (AvgIpc) is 2.64. The second kappa shape index (κ2) is 10.3. The maximum absolute atomic E-state index is 5.55. The van der Waals surface area contributed by atoms with Crippen LogP contribution in [0.4, 0.5) is 0 Å². The van der Waals surface area contributed by atoms with E-state index in [9.17, 15) is 0 Å². The molecule has 0 saturated carbocycles. The molecular weight excluding hydrogens is 302 g/mol. The molecule has 2 N–H and O–H groups in total. The van der Waals surface area contributed by atoms with Gasteiger partial charge in [-0.05, 0) is 23.3 Å². The highest BCUT2D eigenvalue weighted by molar-refractivity contribution is 5.79. The summed E-state index contributed by atoms with van der Waals surface area (Å²) in [4.78, 5) is 4.24. The Morgan fingerprint density at radius 2 is 1.50 bits per heavy atom. The van der Waals surface area contributed by atoms with Gasteiger partial charge in [-0.2, -0.15) is 0 Å². The Morgan fingerprint density at radius 1 is 0.875 bits per heavy atom.